The summed E-state index contributed by atoms with van der Waals surface area (Å²) < 4.78 is 0. The molecule has 90 valence electrons. The highest BCUT2D eigenvalue weighted by atomic mass is 15.2. The zero-order valence-electron chi connectivity index (χ0n) is 10.8. The summed E-state index contributed by atoms with van der Waals surface area (Å²) in [5.74, 6) is 1.02. The van der Waals surface area contributed by atoms with Gasteiger partial charge in [-0.2, -0.15) is 0 Å². The van der Waals surface area contributed by atoms with E-state index in [4.69, 9.17) is 5.73 Å². The van der Waals surface area contributed by atoms with Crippen LogP contribution in [0.2, 0.25) is 0 Å². The zero-order valence-corrected chi connectivity index (χ0v) is 10.8. The van der Waals surface area contributed by atoms with Gasteiger partial charge in [0.2, 0.25) is 0 Å². The Morgan fingerprint density at radius 1 is 1.38 bits per heavy atom. The summed E-state index contributed by atoms with van der Waals surface area (Å²) in [5, 5.41) is 0. The van der Waals surface area contributed by atoms with Crippen molar-refractivity contribution >= 4 is 5.82 Å². The molecule has 1 aromatic rings. The lowest BCUT2D eigenvalue weighted by atomic mass is 10.1. The molecule has 0 saturated carbocycles. The molecule has 1 rings (SSSR count). The summed E-state index contributed by atoms with van der Waals surface area (Å²) in [6, 6.07) is 4.69. The van der Waals surface area contributed by atoms with Gasteiger partial charge in [-0.25, -0.2) is 4.98 Å². The Kier molecular flexibility index (Phi) is 4.74. The van der Waals surface area contributed by atoms with E-state index in [1.54, 1.807) is 0 Å². The average Bonchev–Trinajstić information content (AvgIpc) is 2.30. The van der Waals surface area contributed by atoms with Gasteiger partial charge in [0.05, 0.1) is 0 Å². The van der Waals surface area contributed by atoms with Crippen molar-refractivity contribution in [1.29, 1.82) is 0 Å². The number of rotatable bonds is 5. The summed E-state index contributed by atoms with van der Waals surface area (Å²) in [7, 11) is 2.10. The maximum Gasteiger partial charge on any atom is 0.128 e. The molecule has 0 spiro atoms. The molecule has 1 atom stereocenters. The molecular weight excluding hydrogens is 198 g/mol. The summed E-state index contributed by atoms with van der Waals surface area (Å²) in [6.45, 7) is 6.41. The van der Waals surface area contributed by atoms with E-state index in [1.165, 1.54) is 0 Å². The van der Waals surface area contributed by atoms with Crippen molar-refractivity contribution in [2.75, 3.05) is 11.9 Å². The van der Waals surface area contributed by atoms with Crippen LogP contribution in [-0.4, -0.2) is 18.1 Å². The molecule has 0 fully saturated rings. The third-order valence-corrected chi connectivity index (χ3v) is 3.15. The molecule has 0 aliphatic heterocycles. The molecule has 16 heavy (non-hydrogen) atoms. The van der Waals surface area contributed by atoms with Crippen LogP contribution in [0.25, 0.3) is 0 Å². The normalized spacial score (nSPS) is 12.9. The maximum atomic E-state index is 5.88. The number of hydrogen-bond donors (Lipinski definition) is 1. The van der Waals surface area contributed by atoms with E-state index >= 15 is 0 Å². The minimum Gasteiger partial charge on any atom is -0.357 e. The standard InChI is InChI=1S/C13H23N3/c1-5-12(6-2)16(4)13-9-11(10(3)14)7-8-15-13/h7-10,12H,5-6,14H2,1-4H3/t10-/m1/s1. The third kappa shape index (κ3) is 2.95. The highest BCUT2D eigenvalue weighted by Crippen LogP contribution is 2.19. The molecule has 2 N–H and O–H groups in total. The Morgan fingerprint density at radius 2 is 2.00 bits per heavy atom. The van der Waals surface area contributed by atoms with E-state index in [2.05, 4.69) is 36.8 Å². The largest absolute Gasteiger partial charge is 0.357 e. The minimum absolute atomic E-state index is 0.0665. The highest BCUT2D eigenvalue weighted by Gasteiger charge is 2.13. The SMILES string of the molecule is CCC(CC)N(C)c1cc([C@@H](C)N)ccn1. The Balaban J connectivity index is 2.90. The molecule has 3 nitrogen and oxygen atoms in total. The van der Waals surface area contributed by atoms with Gasteiger partial charge in [0.1, 0.15) is 5.82 Å². The number of aromatic nitrogens is 1. The first-order valence-corrected chi connectivity index (χ1v) is 6.04. The van der Waals surface area contributed by atoms with E-state index in [0.29, 0.717) is 6.04 Å². The molecule has 0 radical (unpaired) electrons. The van der Waals surface area contributed by atoms with E-state index in [0.717, 1.165) is 24.2 Å². The summed E-state index contributed by atoms with van der Waals surface area (Å²) in [6.07, 6.45) is 4.11. The van der Waals surface area contributed by atoms with Crippen LogP contribution in [0.15, 0.2) is 18.3 Å². The van der Waals surface area contributed by atoms with Crippen molar-refractivity contribution < 1.29 is 0 Å². The number of pyridine rings is 1. The Labute approximate surface area is 98.7 Å². The van der Waals surface area contributed by atoms with Crippen LogP contribution in [0.1, 0.15) is 45.2 Å². The van der Waals surface area contributed by atoms with Crippen molar-refractivity contribution in [3.63, 3.8) is 0 Å². The molecule has 0 aromatic carbocycles. The van der Waals surface area contributed by atoms with Crippen molar-refractivity contribution in [1.82, 2.24) is 4.98 Å². The first kappa shape index (κ1) is 13.0. The van der Waals surface area contributed by atoms with Crippen molar-refractivity contribution in [2.45, 2.75) is 45.7 Å². The van der Waals surface area contributed by atoms with E-state index in [9.17, 15) is 0 Å². The van der Waals surface area contributed by atoms with Gasteiger partial charge in [0.15, 0.2) is 0 Å². The molecular formula is C13H23N3. The lowest BCUT2D eigenvalue weighted by Crippen LogP contribution is -2.31. The van der Waals surface area contributed by atoms with Crippen LogP contribution >= 0.6 is 0 Å². The predicted molar refractivity (Wildman–Crippen MR) is 69.6 cm³/mol. The number of anilines is 1. The second-order valence-corrected chi connectivity index (χ2v) is 4.32. The van der Waals surface area contributed by atoms with Gasteiger partial charge < -0.3 is 10.6 Å². The lowest BCUT2D eigenvalue weighted by molar-refractivity contribution is 0.586. The van der Waals surface area contributed by atoms with Gasteiger partial charge in [-0.1, -0.05) is 13.8 Å². The van der Waals surface area contributed by atoms with Gasteiger partial charge in [-0.15, -0.1) is 0 Å². The van der Waals surface area contributed by atoms with Crippen molar-refractivity contribution in [3.8, 4) is 0 Å². The Hall–Kier alpha value is -1.09. The van der Waals surface area contributed by atoms with Gasteiger partial charge in [-0.3, -0.25) is 0 Å². The Bertz CT molecular complexity index is 319. The fourth-order valence-electron chi connectivity index (χ4n) is 1.93. The molecule has 1 aromatic heterocycles. The first-order chi connectivity index (χ1) is 7.60. The molecule has 0 amide bonds. The second kappa shape index (κ2) is 5.85. The molecule has 1 heterocycles. The predicted octanol–water partition coefficient (Wildman–Crippen LogP) is 2.73. The highest BCUT2D eigenvalue weighted by molar-refractivity contribution is 5.41. The summed E-state index contributed by atoms with van der Waals surface area (Å²) >= 11 is 0. The zero-order chi connectivity index (χ0) is 12.1. The third-order valence-electron chi connectivity index (χ3n) is 3.15. The van der Waals surface area contributed by atoms with Gasteiger partial charge in [0.25, 0.3) is 0 Å². The van der Waals surface area contributed by atoms with Crippen molar-refractivity contribution in [2.24, 2.45) is 5.73 Å². The van der Waals surface area contributed by atoms with E-state index in [1.807, 2.05) is 19.2 Å². The van der Waals surface area contributed by atoms with Crippen LogP contribution in [0.5, 0.6) is 0 Å². The molecule has 0 bridgehead atoms. The molecule has 0 aliphatic carbocycles. The van der Waals surface area contributed by atoms with Crippen LogP contribution in [-0.2, 0) is 0 Å². The number of hydrogen-bond acceptors (Lipinski definition) is 3. The first-order valence-electron chi connectivity index (χ1n) is 6.04. The lowest BCUT2D eigenvalue weighted by Gasteiger charge is -2.27. The fraction of sp³-hybridized carbons (Fsp3) is 0.615. The fourth-order valence-corrected chi connectivity index (χ4v) is 1.93. The maximum absolute atomic E-state index is 5.88. The quantitative estimate of drug-likeness (QED) is 0.831. The van der Waals surface area contributed by atoms with E-state index in [-0.39, 0.29) is 6.04 Å². The van der Waals surface area contributed by atoms with Crippen LogP contribution in [0, 0.1) is 0 Å². The van der Waals surface area contributed by atoms with Crippen molar-refractivity contribution in [3.05, 3.63) is 23.9 Å². The number of nitrogens with zero attached hydrogens (tertiary/aromatic N) is 2. The van der Waals surface area contributed by atoms with Crippen LogP contribution < -0.4 is 10.6 Å². The summed E-state index contributed by atoms with van der Waals surface area (Å²) in [5.41, 5.74) is 7.02. The minimum atomic E-state index is 0.0665. The van der Waals surface area contributed by atoms with Gasteiger partial charge in [-0.05, 0) is 37.5 Å². The van der Waals surface area contributed by atoms with Crippen LogP contribution in [0.4, 0.5) is 5.82 Å². The number of nitrogens with two attached hydrogens (primary N) is 1. The average molecular weight is 221 g/mol. The van der Waals surface area contributed by atoms with Gasteiger partial charge >= 0.3 is 0 Å². The Morgan fingerprint density at radius 3 is 2.50 bits per heavy atom. The molecule has 3 heteroatoms. The van der Waals surface area contributed by atoms with E-state index < -0.39 is 0 Å². The monoisotopic (exact) mass is 221 g/mol. The van der Waals surface area contributed by atoms with Gasteiger partial charge in [0, 0.05) is 25.3 Å². The summed E-state index contributed by atoms with van der Waals surface area (Å²) in [4.78, 5) is 6.65. The topological polar surface area (TPSA) is 42.1 Å². The second-order valence-electron chi connectivity index (χ2n) is 4.32. The smallest absolute Gasteiger partial charge is 0.128 e. The molecule has 0 saturated heterocycles. The van der Waals surface area contributed by atoms with Crippen LogP contribution in [0.3, 0.4) is 0 Å². The molecule has 0 aliphatic rings. The molecule has 0 unspecified atom stereocenters.